The second kappa shape index (κ2) is 8.37. The first-order chi connectivity index (χ1) is 9.08. The average Bonchev–Trinajstić information content (AvgIpc) is 2.32. The van der Waals surface area contributed by atoms with Crippen molar-refractivity contribution in [2.75, 3.05) is 13.2 Å². The normalized spacial score (nSPS) is 13.7. The summed E-state index contributed by atoms with van der Waals surface area (Å²) in [6.07, 6.45) is -0.542. The number of ether oxygens (including phenoxy) is 3. The van der Waals surface area contributed by atoms with Gasteiger partial charge < -0.3 is 14.2 Å². The molecule has 0 heterocycles. The summed E-state index contributed by atoms with van der Waals surface area (Å²) in [6, 6.07) is 0. The van der Waals surface area contributed by atoms with Gasteiger partial charge in [0, 0.05) is 0 Å². The molecule has 0 aromatic carbocycles. The van der Waals surface area contributed by atoms with E-state index in [0.29, 0.717) is 0 Å². The topological polar surface area (TPSA) is 61.8 Å². The number of carbonyl (C=O) groups is 2. The van der Waals surface area contributed by atoms with Crippen molar-refractivity contribution in [2.45, 2.75) is 66.3 Å². The van der Waals surface area contributed by atoms with E-state index in [2.05, 4.69) is 0 Å². The van der Waals surface area contributed by atoms with Crippen LogP contribution in [-0.4, -0.2) is 42.8 Å². The maximum Gasteiger partial charge on any atom is 0.308 e. The van der Waals surface area contributed by atoms with Crippen LogP contribution >= 0.6 is 0 Å². The van der Waals surface area contributed by atoms with Gasteiger partial charge in [-0.1, -0.05) is 13.8 Å². The van der Waals surface area contributed by atoms with Crippen LogP contribution in [0.3, 0.4) is 0 Å². The number of rotatable bonds is 9. The molecule has 0 bridgehead atoms. The molecule has 0 aliphatic heterocycles. The summed E-state index contributed by atoms with van der Waals surface area (Å²) >= 11 is 0. The van der Waals surface area contributed by atoms with E-state index in [9.17, 15) is 9.59 Å². The van der Waals surface area contributed by atoms with E-state index in [-0.39, 0.29) is 37.0 Å². The molecule has 0 saturated carbocycles. The number of Topliss-reactive ketones (excluding diaryl/α,β-unsaturated/α-hetero) is 1. The Hall–Kier alpha value is -0.940. The number of hydrogen-bond acceptors (Lipinski definition) is 5. The zero-order valence-corrected chi connectivity index (χ0v) is 13.7. The summed E-state index contributed by atoms with van der Waals surface area (Å²) in [5.74, 6) is -0.556. The van der Waals surface area contributed by atoms with Gasteiger partial charge in [0.15, 0.2) is 5.78 Å². The minimum absolute atomic E-state index is 0.0169. The fraction of sp³-hybridized carbons (Fsp3) is 0.867. The molecule has 0 aromatic rings. The number of esters is 1. The van der Waals surface area contributed by atoms with E-state index in [1.807, 2.05) is 13.8 Å². The lowest BCUT2D eigenvalue weighted by Crippen LogP contribution is -2.43. The summed E-state index contributed by atoms with van der Waals surface area (Å²) in [5.41, 5.74) is -0.960. The fourth-order valence-electron chi connectivity index (χ4n) is 1.64. The fourth-order valence-corrected chi connectivity index (χ4v) is 1.64. The lowest BCUT2D eigenvalue weighted by molar-refractivity contribution is -0.159. The molecule has 0 saturated heterocycles. The molecule has 0 aromatic heterocycles. The van der Waals surface area contributed by atoms with E-state index in [0.717, 1.165) is 0 Å². The molecule has 0 rings (SSSR count). The minimum atomic E-state index is -0.960. The first kappa shape index (κ1) is 19.1. The van der Waals surface area contributed by atoms with Crippen molar-refractivity contribution in [1.29, 1.82) is 0 Å². The maximum absolute atomic E-state index is 12.2. The summed E-state index contributed by atoms with van der Waals surface area (Å²) in [4.78, 5) is 23.4. The van der Waals surface area contributed by atoms with Crippen LogP contribution in [0.25, 0.3) is 0 Å². The molecule has 20 heavy (non-hydrogen) atoms. The third-order valence-corrected chi connectivity index (χ3v) is 2.70. The van der Waals surface area contributed by atoms with Gasteiger partial charge in [-0.05, 0) is 34.6 Å². The van der Waals surface area contributed by atoms with E-state index in [1.54, 1.807) is 34.6 Å². The molecule has 1 atom stereocenters. The van der Waals surface area contributed by atoms with Crippen LogP contribution in [0.5, 0.6) is 0 Å². The van der Waals surface area contributed by atoms with Gasteiger partial charge in [-0.15, -0.1) is 0 Å². The van der Waals surface area contributed by atoms with Crippen LogP contribution in [-0.2, 0) is 23.8 Å². The quantitative estimate of drug-likeness (QED) is 0.481. The first-order valence-electron chi connectivity index (χ1n) is 7.08. The van der Waals surface area contributed by atoms with E-state index < -0.39 is 11.7 Å². The Kier molecular flexibility index (Phi) is 7.98. The lowest BCUT2D eigenvalue weighted by atomic mass is 9.99. The standard InChI is InChI=1S/C15H28O5/c1-10(2)14(17)18-8-9-19-15(6,7)13(16)12(5)20-11(3)4/h10-12H,8-9H2,1-7H3. The highest BCUT2D eigenvalue weighted by atomic mass is 16.6. The summed E-state index contributed by atoms with van der Waals surface area (Å²) in [5, 5.41) is 0. The average molecular weight is 288 g/mol. The first-order valence-corrected chi connectivity index (χ1v) is 7.08. The molecule has 0 aliphatic rings. The molecule has 0 N–H and O–H groups in total. The van der Waals surface area contributed by atoms with Crippen molar-refractivity contribution in [3.63, 3.8) is 0 Å². The van der Waals surface area contributed by atoms with Gasteiger partial charge in [0.1, 0.15) is 18.3 Å². The monoisotopic (exact) mass is 288 g/mol. The highest BCUT2D eigenvalue weighted by molar-refractivity contribution is 5.90. The molecule has 0 fully saturated rings. The molecule has 118 valence electrons. The maximum atomic E-state index is 12.2. The Balaban J connectivity index is 4.18. The molecule has 1 unspecified atom stereocenters. The van der Waals surface area contributed by atoms with Crippen molar-refractivity contribution in [1.82, 2.24) is 0 Å². The Morgan fingerprint density at radius 1 is 1.00 bits per heavy atom. The van der Waals surface area contributed by atoms with Gasteiger partial charge >= 0.3 is 5.97 Å². The van der Waals surface area contributed by atoms with Crippen LogP contribution in [0.15, 0.2) is 0 Å². The van der Waals surface area contributed by atoms with Gasteiger partial charge in [-0.25, -0.2) is 0 Å². The van der Waals surface area contributed by atoms with Crippen molar-refractivity contribution >= 4 is 11.8 Å². The lowest BCUT2D eigenvalue weighted by Gasteiger charge is -2.27. The number of hydrogen-bond donors (Lipinski definition) is 0. The minimum Gasteiger partial charge on any atom is -0.463 e. The van der Waals surface area contributed by atoms with E-state index >= 15 is 0 Å². The van der Waals surface area contributed by atoms with Crippen molar-refractivity contribution in [3.8, 4) is 0 Å². The second-order valence-electron chi connectivity index (χ2n) is 5.87. The summed E-state index contributed by atoms with van der Waals surface area (Å²) in [6.45, 7) is 12.7. The van der Waals surface area contributed by atoms with Crippen molar-refractivity contribution < 1.29 is 23.8 Å². The highest BCUT2D eigenvalue weighted by Crippen LogP contribution is 2.15. The van der Waals surface area contributed by atoms with Gasteiger partial charge in [0.2, 0.25) is 0 Å². The molecule has 0 aliphatic carbocycles. The third-order valence-electron chi connectivity index (χ3n) is 2.70. The zero-order valence-electron chi connectivity index (χ0n) is 13.7. The van der Waals surface area contributed by atoms with Crippen LogP contribution in [0.2, 0.25) is 0 Å². The Morgan fingerprint density at radius 3 is 2.00 bits per heavy atom. The smallest absolute Gasteiger partial charge is 0.308 e. The molecule has 0 amide bonds. The van der Waals surface area contributed by atoms with Crippen molar-refractivity contribution in [3.05, 3.63) is 0 Å². The van der Waals surface area contributed by atoms with Gasteiger partial charge in [0.25, 0.3) is 0 Å². The Morgan fingerprint density at radius 2 is 1.55 bits per heavy atom. The zero-order chi connectivity index (χ0) is 15.9. The van der Waals surface area contributed by atoms with Crippen LogP contribution in [0.1, 0.15) is 48.5 Å². The largest absolute Gasteiger partial charge is 0.463 e. The second-order valence-corrected chi connectivity index (χ2v) is 5.87. The van der Waals surface area contributed by atoms with Crippen LogP contribution < -0.4 is 0 Å². The van der Waals surface area contributed by atoms with E-state index in [4.69, 9.17) is 14.2 Å². The molecular weight excluding hydrogens is 260 g/mol. The molecule has 0 spiro atoms. The SMILES string of the molecule is CC(C)OC(C)C(=O)C(C)(C)OCCOC(=O)C(C)C. The number of ketones is 1. The predicted molar refractivity (Wildman–Crippen MR) is 76.5 cm³/mol. The molecule has 5 nitrogen and oxygen atoms in total. The summed E-state index contributed by atoms with van der Waals surface area (Å²) in [7, 11) is 0. The molecular formula is C15H28O5. The van der Waals surface area contributed by atoms with Crippen LogP contribution in [0.4, 0.5) is 0 Å². The molecule has 5 heteroatoms. The third kappa shape index (κ3) is 7.01. The van der Waals surface area contributed by atoms with Gasteiger partial charge in [-0.2, -0.15) is 0 Å². The summed E-state index contributed by atoms with van der Waals surface area (Å²) < 4.78 is 16.0. The molecule has 0 radical (unpaired) electrons. The predicted octanol–water partition coefficient (Wildman–Crippen LogP) is 2.36. The highest BCUT2D eigenvalue weighted by Gasteiger charge is 2.33. The van der Waals surface area contributed by atoms with Crippen LogP contribution in [0, 0.1) is 5.92 Å². The van der Waals surface area contributed by atoms with Crippen molar-refractivity contribution in [2.24, 2.45) is 5.92 Å². The van der Waals surface area contributed by atoms with Gasteiger partial charge in [-0.3, -0.25) is 9.59 Å². The Labute approximate surface area is 122 Å². The Bertz CT molecular complexity index is 320. The van der Waals surface area contributed by atoms with Gasteiger partial charge in [0.05, 0.1) is 18.6 Å². The van der Waals surface area contributed by atoms with E-state index in [1.165, 1.54) is 0 Å². The number of carbonyl (C=O) groups excluding carboxylic acids is 2.